The number of pyridine rings is 1. The van der Waals surface area contributed by atoms with Crippen molar-refractivity contribution in [1.82, 2.24) is 4.98 Å². The maximum atomic E-state index is 13.1. The second-order valence-electron chi connectivity index (χ2n) is 2.73. The molecule has 0 aliphatic heterocycles. The lowest BCUT2D eigenvalue weighted by Gasteiger charge is -2.00. The molecule has 0 aliphatic carbocycles. The Morgan fingerprint density at radius 2 is 2.00 bits per heavy atom. The van der Waals surface area contributed by atoms with Crippen LogP contribution in [0.4, 0.5) is 4.39 Å². The summed E-state index contributed by atoms with van der Waals surface area (Å²) in [5, 5.41) is 1.53. The van der Waals surface area contributed by atoms with Crippen LogP contribution in [-0.4, -0.2) is 4.98 Å². The fourth-order valence-electron chi connectivity index (χ4n) is 1.32. The van der Waals surface area contributed by atoms with Gasteiger partial charge in [0.2, 0.25) is 0 Å². The van der Waals surface area contributed by atoms with Gasteiger partial charge in [0, 0.05) is 22.7 Å². The Morgan fingerprint density at radius 3 is 2.75 bits per heavy atom. The second-order valence-corrected chi connectivity index (χ2v) is 2.73. The van der Waals surface area contributed by atoms with Crippen molar-refractivity contribution in [3.8, 4) is 0 Å². The van der Waals surface area contributed by atoms with Crippen LogP contribution in [0.2, 0.25) is 0 Å². The predicted octanol–water partition coefficient (Wildman–Crippen LogP) is 2.68. The van der Waals surface area contributed by atoms with Gasteiger partial charge in [0.05, 0.1) is 0 Å². The molecular formula is C10H8FN. The van der Waals surface area contributed by atoms with Crippen molar-refractivity contribution < 1.29 is 4.39 Å². The Kier molecular flexibility index (Phi) is 1.54. The maximum Gasteiger partial charge on any atom is 0.131 e. The molecule has 0 fully saturated rings. The first-order chi connectivity index (χ1) is 5.79. The molecule has 2 heteroatoms. The molecule has 0 radical (unpaired) electrons. The average Bonchev–Trinajstić information content (AvgIpc) is 2.07. The summed E-state index contributed by atoms with van der Waals surface area (Å²) in [6.07, 6.45) is 1.63. The highest BCUT2D eigenvalue weighted by atomic mass is 19.1. The van der Waals surface area contributed by atoms with Gasteiger partial charge in [-0.3, -0.25) is 4.98 Å². The Morgan fingerprint density at radius 1 is 1.17 bits per heavy atom. The van der Waals surface area contributed by atoms with Crippen molar-refractivity contribution in [3.63, 3.8) is 0 Å². The Labute approximate surface area is 69.9 Å². The van der Waals surface area contributed by atoms with Crippen LogP contribution in [0.25, 0.3) is 10.8 Å². The van der Waals surface area contributed by atoms with E-state index in [1.807, 2.05) is 13.0 Å². The van der Waals surface area contributed by atoms with E-state index in [9.17, 15) is 4.39 Å². The highest BCUT2D eigenvalue weighted by Crippen LogP contribution is 2.18. The SMILES string of the molecule is Cc1nccc2c(F)cccc12. The number of benzene rings is 1. The minimum Gasteiger partial charge on any atom is -0.261 e. The molecule has 60 valence electrons. The van der Waals surface area contributed by atoms with E-state index in [4.69, 9.17) is 0 Å². The summed E-state index contributed by atoms with van der Waals surface area (Å²) >= 11 is 0. The quantitative estimate of drug-likeness (QED) is 0.578. The molecule has 1 heterocycles. The molecule has 1 aromatic carbocycles. The summed E-state index contributed by atoms with van der Waals surface area (Å²) in [4.78, 5) is 4.08. The number of hydrogen-bond acceptors (Lipinski definition) is 1. The zero-order valence-electron chi connectivity index (χ0n) is 6.71. The first-order valence-electron chi connectivity index (χ1n) is 3.79. The first kappa shape index (κ1) is 7.22. The molecule has 0 saturated heterocycles. The molecule has 0 bridgehead atoms. The van der Waals surface area contributed by atoms with Gasteiger partial charge in [-0.15, -0.1) is 0 Å². The van der Waals surface area contributed by atoms with Gasteiger partial charge in [-0.25, -0.2) is 4.39 Å². The van der Waals surface area contributed by atoms with Gasteiger partial charge in [-0.05, 0) is 19.1 Å². The molecule has 1 nitrogen and oxygen atoms in total. The van der Waals surface area contributed by atoms with E-state index in [0.717, 1.165) is 11.1 Å². The average molecular weight is 161 g/mol. The Bertz CT molecular complexity index is 382. The molecule has 0 atom stereocenters. The number of rotatable bonds is 0. The van der Waals surface area contributed by atoms with Gasteiger partial charge >= 0.3 is 0 Å². The Hall–Kier alpha value is -1.44. The lowest BCUT2D eigenvalue weighted by molar-refractivity contribution is 0.639. The van der Waals surface area contributed by atoms with Crippen LogP contribution in [0.5, 0.6) is 0 Å². The number of halogens is 1. The van der Waals surface area contributed by atoms with E-state index in [2.05, 4.69) is 4.98 Å². The highest BCUT2D eigenvalue weighted by Gasteiger charge is 2.00. The molecule has 2 aromatic rings. The van der Waals surface area contributed by atoms with Crippen LogP contribution < -0.4 is 0 Å². The number of hydrogen-bond donors (Lipinski definition) is 0. The topological polar surface area (TPSA) is 12.9 Å². The van der Waals surface area contributed by atoms with Crippen molar-refractivity contribution in [1.29, 1.82) is 0 Å². The van der Waals surface area contributed by atoms with Crippen LogP contribution in [0.3, 0.4) is 0 Å². The molecule has 1 aromatic heterocycles. The smallest absolute Gasteiger partial charge is 0.131 e. The third-order valence-corrected chi connectivity index (χ3v) is 1.95. The van der Waals surface area contributed by atoms with E-state index < -0.39 is 0 Å². The maximum absolute atomic E-state index is 13.1. The molecule has 2 rings (SSSR count). The van der Waals surface area contributed by atoms with Gasteiger partial charge in [-0.1, -0.05) is 12.1 Å². The van der Waals surface area contributed by atoms with Crippen molar-refractivity contribution in [3.05, 3.63) is 42.0 Å². The zero-order valence-corrected chi connectivity index (χ0v) is 6.71. The van der Waals surface area contributed by atoms with Crippen molar-refractivity contribution in [2.75, 3.05) is 0 Å². The number of aryl methyl sites for hydroxylation is 1. The number of nitrogens with zero attached hydrogens (tertiary/aromatic N) is 1. The van der Waals surface area contributed by atoms with Gasteiger partial charge in [0.1, 0.15) is 5.82 Å². The summed E-state index contributed by atoms with van der Waals surface area (Å²) in [5.41, 5.74) is 0.868. The second kappa shape index (κ2) is 2.55. The van der Waals surface area contributed by atoms with E-state index in [0.29, 0.717) is 5.39 Å². The van der Waals surface area contributed by atoms with Gasteiger partial charge in [0.25, 0.3) is 0 Å². The molecule has 0 saturated carbocycles. The van der Waals surface area contributed by atoms with Crippen LogP contribution >= 0.6 is 0 Å². The van der Waals surface area contributed by atoms with E-state index in [-0.39, 0.29) is 5.82 Å². The van der Waals surface area contributed by atoms with E-state index in [1.165, 1.54) is 6.07 Å². The van der Waals surface area contributed by atoms with Crippen LogP contribution in [0.15, 0.2) is 30.5 Å². The van der Waals surface area contributed by atoms with Crippen LogP contribution in [-0.2, 0) is 0 Å². The van der Waals surface area contributed by atoms with Gasteiger partial charge in [-0.2, -0.15) is 0 Å². The summed E-state index contributed by atoms with van der Waals surface area (Å²) in [6.45, 7) is 1.88. The van der Waals surface area contributed by atoms with Crippen molar-refractivity contribution in [2.24, 2.45) is 0 Å². The van der Waals surface area contributed by atoms with E-state index in [1.54, 1.807) is 18.3 Å². The summed E-state index contributed by atoms with van der Waals surface area (Å²) < 4.78 is 13.1. The standard InChI is InChI=1S/C10H8FN/c1-7-8-3-2-4-10(11)9(8)5-6-12-7/h2-6H,1H3. The van der Waals surface area contributed by atoms with Crippen molar-refractivity contribution >= 4 is 10.8 Å². The first-order valence-corrected chi connectivity index (χ1v) is 3.79. The largest absolute Gasteiger partial charge is 0.261 e. The molecule has 0 spiro atoms. The third kappa shape index (κ3) is 0.961. The number of aromatic nitrogens is 1. The lowest BCUT2D eigenvalue weighted by atomic mass is 10.1. The fraction of sp³-hybridized carbons (Fsp3) is 0.100. The summed E-state index contributed by atoms with van der Waals surface area (Å²) in [6, 6.07) is 6.73. The van der Waals surface area contributed by atoms with Crippen molar-refractivity contribution in [2.45, 2.75) is 6.92 Å². The molecule has 0 amide bonds. The summed E-state index contributed by atoms with van der Waals surface area (Å²) in [7, 11) is 0. The molecule has 0 unspecified atom stereocenters. The summed E-state index contributed by atoms with van der Waals surface area (Å²) in [5.74, 6) is -0.182. The van der Waals surface area contributed by atoms with Gasteiger partial charge in [0.15, 0.2) is 0 Å². The Balaban J connectivity index is 2.94. The molecule has 0 N–H and O–H groups in total. The van der Waals surface area contributed by atoms with Crippen LogP contribution in [0, 0.1) is 12.7 Å². The lowest BCUT2D eigenvalue weighted by Crippen LogP contribution is -1.85. The van der Waals surface area contributed by atoms with E-state index >= 15 is 0 Å². The molecule has 12 heavy (non-hydrogen) atoms. The third-order valence-electron chi connectivity index (χ3n) is 1.95. The predicted molar refractivity (Wildman–Crippen MR) is 46.4 cm³/mol. The molecular weight excluding hydrogens is 153 g/mol. The minimum atomic E-state index is -0.182. The fourth-order valence-corrected chi connectivity index (χ4v) is 1.32. The number of fused-ring (bicyclic) bond motifs is 1. The molecule has 0 aliphatic rings. The monoisotopic (exact) mass is 161 g/mol. The van der Waals surface area contributed by atoms with Crippen LogP contribution in [0.1, 0.15) is 5.69 Å². The zero-order chi connectivity index (χ0) is 8.55. The minimum absolute atomic E-state index is 0.182. The normalized spacial score (nSPS) is 10.5. The van der Waals surface area contributed by atoms with Gasteiger partial charge < -0.3 is 0 Å². The highest BCUT2D eigenvalue weighted by molar-refractivity contribution is 5.84.